The third kappa shape index (κ3) is 6.16. The number of hydrogen-bond donors (Lipinski definition) is 0. The number of nitrogens with zero attached hydrogens (tertiary/aromatic N) is 3. The van der Waals surface area contributed by atoms with Crippen LogP contribution in [0.25, 0.3) is 0 Å². The van der Waals surface area contributed by atoms with Gasteiger partial charge in [0.1, 0.15) is 13.2 Å². The van der Waals surface area contributed by atoms with E-state index < -0.39 is 0 Å². The molecular formula is C24H34N3O2S+. The molecular weight excluding hydrogens is 394 g/mol. The van der Waals surface area contributed by atoms with E-state index in [4.69, 9.17) is 4.74 Å². The molecule has 6 heteroatoms. The molecule has 162 valence electrons. The molecule has 1 aliphatic heterocycles. The first-order chi connectivity index (χ1) is 14.2. The van der Waals surface area contributed by atoms with Crippen molar-refractivity contribution >= 4 is 23.5 Å². The lowest BCUT2D eigenvalue weighted by Crippen LogP contribution is -2.49. The van der Waals surface area contributed by atoms with E-state index in [-0.39, 0.29) is 6.09 Å². The summed E-state index contributed by atoms with van der Waals surface area (Å²) in [5.41, 5.74) is 3.83. The Morgan fingerprint density at radius 2 is 1.70 bits per heavy atom. The molecule has 0 N–H and O–H groups in total. The van der Waals surface area contributed by atoms with Crippen molar-refractivity contribution in [3.63, 3.8) is 0 Å². The van der Waals surface area contributed by atoms with Crippen LogP contribution in [0.15, 0.2) is 52.3 Å². The first kappa shape index (κ1) is 22.5. The molecule has 0 aromatic heterocycles. The minimum Gasteiger partial charge on any atom is -0.443 e. The summed E-state index contributed by atoms with van der Waals surface area (Å²) in [6.45, 7) is 8.57. The summed E-state index contributed by atoms with van der Waals surface area (Å²) in [6, 6.07) is 15.2. The molecule has 0 unspecified atom stereocenters. The van der Waals surface area contributed by atoms with Crippen LogP contribution in [0.2, 0.25) is 0 Å². The summed E-state index contributed by atoms with van der Waals surface area (Å²) in [4.78, 5) is 19.1. The standard InChI is InChI=1S/C24H34N3O2S/c1-19-10-11-22(20(2)18-19)30-23-9-7-6-8-21(23)25-12-14-26(15-13-25)24(28)29-17-16-27(3,4)5/h6-11,18H,12-17H2,1-5H3/q+1. The van der Waals surface area contributed by atoms with E-state index in [2.05, 4.69) is 82.4 Å². The molecule has 1 amide bonds. The predicted molar refractivity (Wildman–Crippen MR) is 125 cm³/mol. The van der Waals surface area contributed by atoms with Gasteiger partial charge in [-0.1, -0.05) is 41.6 Å². The van der Waals surface area contributed by atoms with Gasteiger partial charge in [-0.15, -0.1) is 0 Å². The first-order valence-electron chi connectivity index (χ1n) is 10.5. The highest BCUT2D eigenvalue weighted by molar-refractivity contribution is 7.99. The summed E-state index contributed by atoms with van der Waals surface area (Å²) in [5.74, 6) is 0. The SMILES string of the molecule is Cc1ccc(Sc2ccccc2N2CCN(C(=O)OCC[N+](C)(C)C)CC2)c(C)c1. The van der Waals surface area contributed by atoms with Gasteiger partial charge in [-0.2, -0.15) is 0 Å². The number of carbonyl (C=O) groups is 1. The van der Waals surface area contributed by atoms with E-state index in [9.17, 15) is 4.79 Å². The number of rotatable bonds is 6. The van der Waals surface area contributed by atoms with Crippen LogP contribution >= 0.6 is 11.8 Å². The summed E-state index contributed by atoms with van der Waals surface area (Å²) in [6.07, 6.45) is -0.193. The van der Waals surface area contributed by atoms with E-state index in [1.54, 1.807) is 0 Å². The van der Waals surface area contributed by atoms with E-state index in [0.29, 0.717) is 19.7 Å². The maximum absolute atomic E-state index is 12.4. The van der Waals surface area contributed by atoms with Crippen LogP contribution < -0.4 is 4.90 Å². The summed E-state index contributed by atoms with van der Waals surface area (Å²) >= 11 is 1.82. The van der Waals surface area contributed by atoms with Crippen molar-refractivity contribution in [3.8, 4) is 0 Å². The highest BCUT2D eigenvalue weighted by Gasteiger charge is 2.24. The van der Waals surface area contributed by atoms with Gasteiger partial charge in [0.05, 0.1) is 26.8 Å². The third-order valence-electron chi connectivity index (χ3n) is 5.28. The van der Waals surface area contributed by atoms with Crippen LogP contribution in [0.5, 0.6) is 0 Å². The number of piperazine rings is 1. The number of carbonyl (C=O) groups excluding carboxylic acids is 1. The van der Waals surface area contributed by atoms with Crippen LogP contribution in [0.4, 0.5) is 10.5 Å². The van der Waals surface area contributed by atoms with Gasteiger partial charge in [0.25, 0.3) is 0 Å². The van der Waals surface area contributed by atoms with E-state index in [1.165, 1.54) is 26.6 Å². The lowest BCUT2D eigenvalue weighted by atomic mass is 10.2. The molecule has 0 bridgehead atoms. The molecule has 1 saturated heterocycles. The molecule has 1 fully saturated rings. The molecule has 3 rings (SSSR count). The molecule has 0 saturated carbocycles. The number of hydrogen-bond acceptors (Lipinski definition) is 4. The second kappa shape index (κ2) is 9.75. The Balaban J connectivity index is 1.60. The Morgan fingerprint density at radius 3 is 2.37 bits per heavy atom. The molecule has 0 radical (unpaired) electrons. The van der Waals surface area contributed by atoms with Gasteiger partial charge in [0.15, 0.2) is 0 Å². The van der Waals surface area contributed by atoms with Crippen molar-refractivity contribution in [2.24, 2.45) is 0 Å². The molecule has 1 heterocycles. The molecule has 2 aromatic rings. The number of benzene rings is 2. The fraction of sp³-hybridized carbons (Fsp3) is 0.458. The largest absolute Gasteiger partial charge is 0.443 e. The number of ether oxygens (including phenoxy) is 1. The topological polar surface area (TPSA) is 32.8 Å². The Morgan fingerprint density at radius 1 is 1.00 bits per heavy atom. The molecule has 5 nitrogen and oxygen atoms in total. The second-order valence-corrected chi connectivity index (χ2v) is 10.0. The first-order valence-corrected chi connectivity index (χ1v) is 11.4. The van der Waals surface area contributed by atoms with Crippen molar-refractivity contribution < 1.29 is 14.0 Å². The highest BCUT2D eigenvalue weighted by atomic mass is 32.2. The zero-order valence-electron chi connectivity index (χ0n) is 18.9. The van der Waals surface area contributed by atoms with E-state index in [0.717, 1.165) is 24.1 Å². The average Bonchev–Trinajstić information content (AvgIpc) is 2.69. The molecule has 30 heavy (non-hydrogen) atoms. The van der Waals surface area contributed by atoms with Crippen molar-refractivity contribution in [2.75, 3.05) is 65.4 Å². The minimum atomic E-state index is -0.193. The van der Waals surface area contributed by atoms with Crippen LogP contribution in [-0.4, -0.2) is 75.9 Å². The number of anilines is 1. The van der Waals surface area contributed by atoms with Crippen molar-refractivity contribution in [2.45, 2.75) is 23.6 Å². The van der Waals surface area contributed by atoms with Crippen molar-refractivity contribution in [1.82, 2.24) is 4.90 Å². The lowest BCUT2D eigenvalue weighted by molar-refractivity contribution is -0.870. The normalized spacial score (nSPS) is 14.7. The number of quaternary nitrogens is 1. The van der Waals surface area contributed by atoms with Crippen molar-refractivity contribution in [1.29, 1.82) is 0 Å². The summed E-state index contributed by atoms with van der Waals surface area (Å²) in [5, 5.41) is 0. The third-order valence-corrected chi connectivity index (χ3v) is 6.52. The van der Waals surface area contributed by atoms with Gasteiger partial charge in [0.2, 0.25) is 0 Å². The molecule has 0 spiro atoms. The second-order valence-electron chi connectivity index (χ2n) is 8.94. The smallest absolute Gasteiger partial charge is 0.410 e. The molecule has 2 aromatic carbocycles. The van der Waals surface area contributed by atoms with Gasteiger partial charge in [-0.05, 0) is 37.6 Å². The Kier molecular flexibility index (Phi) is 7.32. The number of likely N-dealkylation sites (N-methyl/N-ethyl adjacent to an activating group) is 1. The Hall–Kier alpha value is -2.18. The van der Waals surface area contributed by atoms with E-state index in [1.807, 2.05) is 16.7 Å². The van der Waals surface area contributed by atoms with Crippen LogP contribution in [0, 0.1) is 13.8 Å². The molecule has 1 aliphatic rings. The van der Waals surface area contributed by atoms with Crippen LogP contribution in [0.3, 0.4) is 0 Å². The van der Waals surface area contributed by atoms with Gasteiger partial charge in [-0.3, -0.25) is 0 Å². The van der Waals surface area contributed by atoms with E-state index >= 15 is 0 Å². The highest BCUT2D eigenvalue weighted by Crippen LogP contribution is 2.37. The predicted octanol–water partition coefficient (Wildman–Crippen LogP) is 4.42. The van der Waals surface area contributed by atoms with Gasteiger partial charge >= 0.3 is 6.09 Å². The monoisotopic (exact) mass is 428 g/mol. The Bertz CT molecular complexity index is 871. The van der Waals surface area contributed by atoms with Gasteiger partial charge in [0, 0.05) is 36.0 Å². The zero-order valence-corrected chi connectivity index (χ0v) is 19.7. The number of amides is 1. The summed E-state index contributed by atoms with van der Waals surface area (Å²) < 4.78 is 6.26. The van der Waals surface area contributed by atoms with Gasteiger partial charge in [-0.25, -0.2) is 4.79 Å². The fourth-order valence-electron chi connectivity index (χ4n) is 3.47. The summed E-state index contributed by atoms with van der Waals surface area (Å²) in [7, 11) is 6.29. The fourth-order valence-corrected chi connectivity index (χ4v) is 4.51. The lowest BCUT2D eigenvalue weighted by Gasteiger charge is -2.36. The number of aryl methyl sites for hydroxylation is 2. The zero-order chi connectivity index (χ0) is 21.7. The number of para-hydroxylation sites is 1. The van der Waals surface area contributed by atoms with Gasteiger partial charge < -0.3 is 19.0 Å². The Labute approximate surface area is 185 Å². The maximum Gasteiger partial charge on any atom is 0.410 e. The molecule has 0 atom stereocenters. The maximum atomic E-state index is 12.4. The minimum absolute atomic E-state index is 0.193. The molecule has 0 aliphatic carbocycles. The average molecular weight is 429 g/mol. The van der Waals surface area contributed by atoms with Crippen LogP contribution in [0.1, 0.15) is 11.1 Å². The van der Waals surface area contributed by atoms with Crippen LogP contribution in [-0.2, 0) is 4.74 Å². The van der Waals surface area contributed by atoms with Crippen molar-refractivity contribution in [3.05, 3.63) is 53.6 Å². The quantitative estimate of drug-likeness (QED) is 0.638.